The van der Waals surface area contributed by atoms with E-state index in [0.29, 0.717) is 17.5 Å². The lowest BCUT2D eigenvalue weighted by Crippen LogP contribution is -2.28. The van der Waals surface area contributed by atoms with Crippen LogP contribution < -0.4 is 10.9 Å². The van der Waals surface area contributed by atoms with Crippen LogP contribution in [0.1, 0.15) is 43.5 Å². The standard InChI is InChI=1S/C19H20N4O2S/c24-17-11-16(14-3-1-2-4-15(14)25-17)26-19-22-21-18(23(19)13-5-6-13)12-7-9-20-10-8-12/h1-4,11-13,20H,5-10H2. The summed E-state index contributed by atoms with van der Waals surface area (Å²) in [6.07, 6.45) is 4.57. The van der Waals surface area contributed by atoms with Crippen molar-refractivity contribution >= 4 is 22.7 Å². The lowest BCUT2D eigenvalue weighted by atomic mass is 9.97. The van der Waals surface area contributed by atoms with Gasteiger partial charge in [0.25, 0.3) is 0 Å². The normalized spacial score (nSPS) is 18.5. The summed E-state index contributed by atoms with van der Waals surface area (Å²) < 4.78 is 7.64. The average Bonchev–Trinajstić information content (AvgIpc) is 3.42. The molecule has 1 aliphatic heterocycles. The number of nitrogens with zero attached hydrogens (tertiary/aromatic N) is 3. The van der Waals surface area contributed by atoms with Crippen molar-refractivity contribution in [2.45, 2.75) is 47.7 Å². The zero-order valence-electron chi connectivity index (χ0n) is 14.4. The smallest absolute Gasteiger partial charge is 0.337 e. The second-order valence-electron chi connectivity index (χ2n) is 6.99. The summed E-state index contributed by atoms with van der Waals surface area (Å²) >= 11 is 1.52. The van der Waals surface area contributed by atoms with Gasteiger partial charge in [0.2, 0.25) is 0 Å². The van der Waals surface area contributed by atoms with Crippen LogP contribution in [-0.2, 0) is 0 Å². The molecule has 2 aliphatic rings. The molecule has 5 rings (SSSR count). The molecule has 26 heavy (non-hydrogen) atoms. The first kappa shape index (κ1) is 16.1. The largest absolute Gasteiger partial charge is 0.423 e. The molecule has 1 aliphatic carbocycles. The van der Waals surface area contributed by atoms with Gasteiger partial charge in [-0.15, -0.1) is 10.2 Å². The van der Waals surface area contributed by atoms with Gasteiger partial charge in [0, 0.05) is 28.3 Å². The molecule has 0 unspecified atom stereocenters. The van der Waals surface area contributed by atoms with Crippen molar-refractivity contribution in [2.24, 2.45) is 0 Å². The van der Waals surface area contributed by atoms with E-state index in [2.05, 4.69) is 20.1 Å². The van der Waals surface area contributed by atoms with Crippen LogP contribution in [0.2, 0.25) is 0 Å². The Labute approximate surface area is 155 Å². The van der Waals surface area contributed by atoms with E-state index in [1.165, 1.54) is 24.6 Å². The minimum atomic E-state index is -0.331. The molecule has 1 aromatic carbocycles. The molecule has 0 atom stereocenters. The highest BCUT2D eigenvalue weighted by atomic mass is 32.2. The van der Waals surface area contributed by atoms with Gasteiger partial charge in [-0.3, -0.25) is 0 Å². The third-order valence-corrected chi connectivity index (χ3v) is 6.14. The predicted molar refractivity (Wildman–Crippen MR) is 99.7 cm³/mol. The van der Waals surface area contributed by atoms with Gasteiger partial charge in [0.05, 0.1) is 0 Å². The fourth-order valence-corrected chi connectivity index (χ4v) is 4.71. The second kappa shape index (κ2) is 6.55. The SMILES string of the molecule is O=c1cc(Sc2nnc(C3CCNCC3)n2C2CC2)c2ccccc2o1. The minimum absolute atomic E-state index is 0.331. The molecule has 1 saturated carbocycles. The molecule has 0 amide bonds. The van der Waals surface area contributed by atoms with Crippen molar-refractivity contribution in [3.05, 3.63) is 46.6 Å². The molecule has 3 heterocycles. The molecule has 0 bridgehead atoms. The Bertz CT molecular complexity index is 1000. The molecule has 6 nitrogen and oxygen atoms in total. The first-order valence-corrected chi connectivity index (χ1v) is 9.97. The number of hydrogen-bond donors (Lipinski definition) is 1. The monoisotopic (exact) mass is 368 g/mol. The Morgan fingerprint density at radius 2 is 1.92 bits per heavy atom. The fourth-order valence-electron chi connectivity index (χ4n) is 3.66. The summed E-state index contributed by atoms with van der Waals surface area (Å²) in [4.78, 5) is 12.8. The summed E-state index contributed by atoms with van der Waals surface area (Å²) in [5.41, 5.74) is 0.279. The van der Waals surface area contributed by atoms with E-state index in [1.807, 2.05) is 24.3 Å². The second-order valence-corrected chi connectivity index (χ2v) is 8.00. The van der Waals surface area contributed by atoms with E-state index in [1.54, 1.807) is 6.07 Å². The van der Waals surface area contributed by atoms with Crippen molar-refractivity contribution in [1.29, 1.82) is 0 Å². The van der Waals surface area contributed by atoms with E-state index in [0.717, 1.165) is 47.2 Å². The van der Waals surface area contributed by atoms with Crippen LogP contribution in [0.5, 0.6) is 0 Å². The Morgan fingerprint density at radius 3 is 2.73 bits per heavy atom. The van der Waals surface area contributed by atoms with Crippen LogP contribution >= 0.6 is 11.8 Å². The van der Waals surface area contributed by atoms with Crippen molar-refractivity contribution in [3.63, 3.8) is 0 Å². The van der Waals surface area contributed by atoms with E-state index in [-0.39, 0.29) is 5.63 Å². The molecule has 3 aromatic rings. The average molecular weight is 368 g/mol. The molecule has 2 aromatic heterocycles. The maximum absolute atomic E-state index is 11.9. The number of hydrogen-bond acceptors (Lipinski definition) is 6. The van der Waals surface area contributed by atoms with Crippen LogP contribution in [0.15, 0.2) is 49.6 Å². The fraction of sp³-hybridized carbons (Fsp3) is 0.421. The number of fused-ring (bicyclic) bond motifs is 1. The lowest BCUT2D eigenvalue weighted by molar-refractivity contribution is 0.426. The molecule has 1 saturated heterocycles. The summed E-state index contributed by atoms with van der Waals surface area (Å²) in [6, 6.07) is 9.70. The number of nitrogens with one attached hydrogen (secondary N) is 1. The van der Waals surface area contributed by atoms with Crippen molar-refractivity contribution in [3.8, 4) is 0 Å². The number of para-hydroxylation sites is 1. The van der Waals surface area contributed by atoms with Crippen molar-refractivity contribution < 1.29 is 4.42 Å². The minimum Gasteiger partial charge on any atom is -0.423 e. The molecule has 1 N–H and O–H groups in total. The van der Waals surface area contributed by atoms with Crippen LogP contribution in [0.25, 0.3) is 11.0 Å². The highest BCUT2D eigenvalue weighted by Crippen LogP contribution is 2.43. The highest BCUT2D eigenvalue weighted by molar-refractivity contribution is 7.99. The molecule has 7 heteroatoms. The van der Waals surface area contributed by atoms with Crippen LogP contribution in [-0.4, -0.2) is 27.9 Å². The Hall–Kier alpha value is -2.12. The summed E-state index contributed by atoms with van der Waals surface area (Å²) in [6.45, 7) is 2.07. The zero-order valence-corrected chi connectivity index (χ0v) is 15.2. The van der Waals surface area contributed by atoms with Gasteiger partial charge in [-0.25, -0.2) is 4.79 Å². The lowest BCUT2D eigenvalue weighted by Gasteiger charge is -2.22. The first-order valence-electron chi connectivity index (χ1n) is 9.16. The van der Waals surface area contributed by atoms with Crippen LogP contribution in [0.4, 0.5) is 0 Å². The van der Waals surface area contributed by atoms with Crippen LogP contribution in [0.3, 0.4) is 0 Å². The van der Waals surface area contributed by atoms with E-state index < -0.39 is 0 Å². The Kier molecular flexibility index (Phi) is 4.05. The molecular formula is C19H20N4O2S. The highest BCUT2D eigenvalue weighted by Gasteiger charge is 2.33. The summed E-state index contributed by atoms with van der Waals surface area (Å²) in [7, 11) is 0. The topological polar surface area (TPSA) is 73.0 Å². The van der Waals surface area contributed by atoms with Crippen LogP contribution in [0, 0.1) is 0 Å². The quantitative estimate of drug-likeness (QED) is 0.712. The summed E-state index contributed by atoms with van der Waals surface area (Å²) in [5.74, 6) is 1.58. The van der Waals surface area contributed by atoms with Gasteiger partial charge in [0.15, 0.2) is 5.16 Å². The third-order valence-electron chi connectivity index (χ3n) is 5.12. The zero-order chi connectivity index (χ0) is 17.5. The van der Waals surface area contributed by atoms with E-state index in [9.17, 15) is 4.79 Å². The van der Waals surface area contributed by atoms with Gasteiger partial charge < -0.3 is 14.3 Å². The molecule has 2 fully saturated rings. The van der Waals surface area contributed by atoms with Gasteiger partial charge in [-0.05, 0) is 56.6 Å². The van der Waals surface area contributed by atoms with Gasteiger partial charge in [-0.2, -0.15) is 0 Å². The van der Waals surface area contributed by atoms with Crippen molar-refractivity contribution in [1.82, 2.24) is 20.1 Å². The summed E-state index contributed by atoms with van der Waals surface area (Å²) in [5, 5.41) is 14.3. The maximum atomic E-state index is 11.9. The molecule has 134 valence electrons. The van der Waals surface area contributed by atoms with E-state index in [4.69, 9.17) is 4.42 Å². The van der Waals surface area contributed by atoms with E-state index >= 15 is 0 Å². The molecular weight excluding hydrogens is 348 g/mol. The molecule has 0 spiro atoms. The number of aromatic nitrogens is 3. The maximum Gasteiger partial charge on any atom is 0.337 e. The number of rotatable bonds is 4. The number of benzene rings is 1. The first-order chi connectivity index (χ1) is 12.8. The van der Waals surface area contributed by atoms with Gasteiger partial charge in [0.1, 0.15) is 11.4 Å². The van der Waals surface area contributed by atoms with Crippen molar-refractivity contribution in [2.75, 3.05) is 13.1 Å². The third kappa shape index (κ3) is 2.95. The predicted octanol–water partition coefficient (Wildman–Crippen LogP) is 3.34. The number of piperidine rings is 1. The Balaban J connectivity index is 1.55. The Morgan fingerprint density at radius 1 is 1.12 bits per heavy atom. The molecule has 0 radical (unpaired) electrons. The van der Waals surface area contributed by atoms with Gasteiger partial charge >= 0.3 is 5.63 Å². The van der Waals surface area contributed by atoms with Gasteiger partial charge in [-0.1, -0.05) is 18.2 Å².